The largest absolute Gasteiger partial charge is 0.506 e. The number of phenols is 1. The fraction of sp³-hybridized carbons (Fsp3) is 0.0500. The molecule has 0 saturated heterocycles. The number of carbonyl (C=O) groups is 2. The van der Waals surface area contributed by atoms with Gasteiger partial charge in [-0.05, 0) is 41.3 Å². The Bertz CT molecular complexity index is 1040. The highest BCUT2D eigenvalue weighted by molar-refractivity contribution is 7.12. The van der Waals surface area contributed by atoms with Gasteiger partial charge in [0.15, 0.2) is 5.76 Å². The van der Waals surface area contributed by atoms with Crippen LogP contribution in [0.15, 0.2) is 77.6 Å². The second-order valence-corrected chi connectivity index (χ2v) is 6.86. The van der Waals surface area contributed by atoms with E-state index in [1.807, 2.05) is 0 Å². The van der Waals surface area contributed by atoms with E-state index in [2.05, 4.69) is 4.98 Å². The van der Waals surface area contributed by atoms with Crippen LogP contribution in [0, 0.1) is 0 Å². The normalized spacial score (nSPS) is 16.8. The molecule has 3 aromatic rings. The number of rotatable bonds is 4. The van der Waals surface area contributed by atoms with E-state index < -0.39 is 23.5 Å². The maximum atomic E-state index is 13.0. The van der Waals surface area contributed by atoms with Crippen LogP contribution in [0.1, 0.15) is 21.3 Å². The smallest absolute Gasteiger partial charge is 0.294 e. The first kappa shape index (κ1) is 17.0. The monoisotopic (exact) mass is 378 g/mol. The maximum Gasteiger partial charge on any atom is 0.294 e. The first-order valence-corrected chi connectivity index (χ1v) is 9.00. The topological polar surface area (TPSA) is 90.7 Å². The van der Waals surface area contributed by atoms with Gasteiger partial charge in [-0.25, -0.2) is 0 Å². The van der Waals surface area contributed by atoms with Gasteiger partial charge in [-0.1, -0.05) is 18.2 Å². The molecule has 1 aromatic carbocycles. The van der Waals surface area contributed by atoms with Gasteiger partial charge in [-0.2, -0.15) is 0 Å². The molecule has 3 heterocycles. The van der Waals surface area contributed by atoms with E-state index >= 15 is 0 Å². The van der Waals surface area contributed by atoms with Gasteiger partial charge in [0.25, 0.3) is 5.91 Å². The molecule has 0 fully saturated rings. The molecule has 1 aliphatic rings. The number of phenolic OH excluding ortho intramolecular Hbond substituents is 1. The maximum absolute atomic E-state index is 13.0. The number of anilines is 1. The lowest BCUT2D eigenvalue weighted by Gasteiger charge is -2.27. The molecule has 7 heteroatoms. The minimum absolute atomic E-state index is 0.0168. The van der Waals surface area contributed by atoms with Crippen molar-refractivity contribution in [1.29, 1.82) is 0 Å². The SMILES string of the molecule is O=C(C1=C(O)C(=O)N(c2ccccc2O)C1c1ccncc1)c1cccs1. The number of thiophene rings is 1. The minimum Gasteiger partial charge on any atom is -0.506 e. The Kier molecular flexibility index (Phi) is 4.21. The third kappa shape index (κ3) is 2.78. The predicted molar refractivity (Wildman–Crippen MR) is 101 cm³/mol. The number of pyridine rings is 1. The molecule has 6 nitrogen and oxygen atoms in total. The number of nitrogens with zero attached hydrogens (tertiary/aromatic N) is 2. The molecule has 1 unspecified atom stereocenters. The van der Waals surface area contributed by atoms with E-state index in [-0.39, 0.29) is 17.0 Å². The number of aliphatic hydroxyl groups is 1. The lowest BCUT2D eigenvalue weighted by Crippen LogP contribution is -2.31. The van der Waals surface area contributed by atoms with E-state index in [0.717, 1.165) is 0 Å². The average molecular weight is 378 g/mol. The van der Waals surface area contributed by atoms with Gasteiger partial charge in [0.2, 0.25) is 5.78 Å². The predicted octanol–water partition coefficient (Wildman–Crippen LogP) is 3.63. The lowest BCUT2D eigenvalue weighted by molar-refractivity contribution is -0.117. The van der Waals surface area contributed by atoms with Crippen LogP contribution in [-0.2, 0) is 4.79 Å². The Hall–Kier alpha value is -3.45. The van der Waals surface area contributed by atoms with Crippen molar-refractivity contribution in [1.82, 2.24) is 4.98 Å². The number of Topliss-reactive ketones (excluding diaryl/α,β-unsaturated/α-hetero) is 1. The third-order valence-corrected chi connectivity index (χ3v) is 5.23. The number of aliphatic hydroxyl groups excluding tert-OH is 1. The number of aromatic nitrogens is 1. The lowest BCUT2D eigenvalue weighted by atomic mass is 9.96. The highest BCUT2D eigenvalue weighted by Crippen LogP contribution is 2.44. The van der Waals surface area contributed by atoms with Crippen molar-refractivity contribution in [3.63, 3.8) is 0 Å². The molecule has 0 saturated carbocycles. The summed E-state index contributed by atoms with van der Waals surface area (Å²) in [6, 6.07) is 12.2. The Morgan fingerprint density at radius 1 is 1.04 bits per heavy atom. The van der Waals surface area contributed by atoms with E-state index in [1.165, 1.54) is 22.3 Å². The van der Waals surface area contributed by atoms with Crippen LogP contribution in [0.3, 0.4) is 0 Å². The first-order chi connectivity index (χ1) is 13.1. The second-order valence-electron chi connectivity index (χ2n) is 5.92. The number of para-hydroxylation sites is 2. The molecule has 134 valence electrons. The highest BCUT2D eigenvalue weighted by Gasteiger charge is 2.45. The van der Waals surface area contributed by atoms with E-state index in [1.54, 1.807) is 60.2 Å². The Balaban J connectivity index is 1.91. The summed E-state index contributed by atoms with van der Waals surface area (Å²) in [7, 11) is 0. The molecule has 0 radical (unpaired) electrons. The molecule has 0 aliphatic carbocycles. The molecule has 1 atom stereocenters. The number of hydrogen-bond donors (Lipinski definition) is 2. The summed E-state index contributed by atoms with van der Waals surface area (Å²) in [6.07, 6.45) is 3.09. The average Bonchev–Trinajstić information content (AvgIpc) is 3.31. The van der Waals surface area contributed by atoms with Crippen molar-refractivity contribution < 1.29 is 19.8 Å². The zero-order chi connectivity index (χ0) is 19.0. The van der Waals surface area contributed by atoms with Gasteiger partial charge in [-0.15, -0.1) is 11.3 Å². The quantitative estimate of drug-likeness (QED) is 0.677. The van der Waals surface area contributed by atoms with Crippen molar-refractivity contribution in [2.75, 3.05) is 4.90 Å². The highest BCUT2D eigenvalue weighted by atomic mass is 32.1. The molecule has 1 amide bonds. The molecular weight excluding hydrogens is 364 g/mol. The van der Waals surface area contributed by atoms with Crippen molar-refractivity contribution in [3.8, 4) is 5.75 Å². The third-order valence-electron chi connectivity index (χ3n) is 4.36. The van der Waals surface area contributed by atoms with Crippen LogP contribution in [0.4, 0.5) is 5.69 Å². The van der Waals surface area contributed by atoms with Crippen LogP contribution in [0.25, 0.3) is 0 Å². The molecule has 1 aliphatic heterocycles. The van der Waals surface area contributed by atoms with E-state index in [9.17, 15) is 19.8 Å². The van der Waals surface area contributed by atoms with Crippen LogP contribution in [0.5, 0.6) is 5.75 Å². The minimum atomic E-state index is -0.872. The first-order valence-electron chi connectivity index (χ1n) is 8.12. The van der Waals surface area contributed by atoms with Gasteiger partial charge in [-0.3, -0.25) is 19.5 Å². The number of hydrogen-bond acceptors (Lipinski definition) is 6. The fourth-order valence-electron chi connectivity index (χ4n) is 3.16. The number of ketones is 1. The Morgan fingerprint density at radius 3 is 2.44 bits per heavy atom. The molecule has 0 bridgehead atoms. The number of benzene rings is 1. The number of carbonyl (C=O) groups excluding carboxylic acids is 2. The van der Waals surface area contributed by atoms with Crippen LogP contribution in [-0.4, -0.2) is 26.9 Å². The number of amides is 1. The van der Waals surface area contributed by atoms with Gasteiger partial charge >= 0.3 is 0 Å². The van der Waals surface area contributed by atoms with Crippen LogP contribution in [0.2, 0.25) is 0 Å². The van der Waals surface area contributed by atoms with Crippen molar-refractivity contribution in [2.45, 2.75) is 6.04 Å². The Labute approximate surface area is 158 Å². The van der Waals surface area contributed by atoms with Crippen LogP contribution < -0.4 is 4.90 Å². The van der Waals surface area contributed by atoms with Gasteiger partial charge in [0.05, 0.1) is 22.2 Å². The van der Waals surface area contributed by atoms with Gasteiger partial charge in [0.1, 0.15) is 5.75 Å². The van der Waals surface area contributed by atoms with Crippen LogP contribution >= 0.6 is 11.3 Å². The summed E-state index contributed by atoms with van der Waals surface area (Å²) in [4.78, 5) is 31.5. The summed E-state index contributed by atoms with van der Waals surface area (Å²) in [5, 5.41) is 22.6. The number of aromatic hydroxyl groups is 1. The zero-order valence-corrected chi connectivity index (χ0v) is 14.8. The summed E-state index contributed by atoms with van der Waals surface area (Å²) in [5.74, 6) is -1.89. The molecular formula is C20H14N2O4S. The molecule has 2 aromatic heterocycles. The standard InChI is InChI=1S/C20H14N2O4S/c23-14-5-2-1-4-13(14)22-17(12-7-9-21-10-8-12)16(19(25)20(22)26)18(24)15-6-3-11-27-15/h1-11,17,23,25H. The van der Waals surface area contributed by atoms with Crippen molar-refractivity contribution in [3.05, 3.63) is 88.1 Å². The summed E-state index contributed by atoms with van der Waals surface area (Å²) in [5.41, 5.74) is 0.798. The van der Waals surface area contributed by atoms with Gasteiger partial charge < -0.3 is 10.2 Å². The molecule has 27 heavy (non-hydrogen) atoms. The van der Waals surface area contributed by atoms with Crippen molar-refractivity contribution in [2.24, 2.45) is 0 Å². The molecule has 0 spiro atoms. The summed E-state index contributed by atoms with van der Waals surface area (Å²) in [6.45, 7) is 0. The van der Waals surface area contributed by atoms with Gasteiger partial charge in [0, 0.05) is 12.4 Å². The van der Waals surface area contributed by atoms with Crippen molar-refractivity contribution >= 4 is 28.7 Å². The fourth-order valence-corrected chi connectivity index (χ4v) is 3.83. The Morgan fingerprint density at radius 2 is 1.78 bits per heavy atom. The second kappa shape index (κ2) is 6.69. The molecule has 4 rings (SSSR count). The summed E-state index contributed by atoms with van der Waals surface area (Å²) >= 11 is 1.23. The van der Waals surface area contributed by atoms with E-state index in [4.69, 9.17) is 0 Å². The zero-order valence-electron chi connectivity index (χ0n) is 13.9. The molecule has 2 N–H and O–H groups in total. The van der Waals surface area contributed by atoms with E-state index in [0.29, 0.717) is 10.4 Å². The summed E-state index contributed by atoms with van der Waals surface area (Å²) < 4.78 is 0.